The third-order valence-electron chi connectivity index (χ3n) is 3.46. The first-order valence-corrected chi connectivity index (χ1v) is 7.19. The summed E-state index contributed by atoms with van der Waals surface area (Å²) >= 11 is 0. The van der Waals surface area contributed by atoms with Gasteiger partial charge in [0.1, 0.15) is 0 Å². The zero-order chi connectivity index (χ0) is 17.1. The van der Waals surface area contributed by atoms with Crippen molar-refractivity contribution in [3.8, 4) is 0 Å². The second-order valence-corrected chi connectivity index (χ2v) is 5.45. The maximum atomic E-state index is 12.1. The number of carbonyl (C=O) groups is 4. The van der Waals surface area contributed by atoms with E-state index in [2.05, 4.69) is 0 Å². The summed E-state index contributed by atoms with van der Waals surface area (Å²) in [5.74, 6) is -1.61. The van der Waals surface area contributed by atoms with Crippen molar-refractivity contribution in [2.45, 2.75) is 25.9 Å². The maximum absolute atomic E-state index is 12.1. The molecule has 1 atom stereocenters. The summed E-state index contributed by atoms with van der Waals surface area (Å²) in [6.07, 6.45) is -0.583. The van der Waals surface area contributed by atoms with Crippen LogP contribution < -0.4 is 4.90 Å². The molecule has 0 radical (unpaired) electrons. The smallest absolute Gasteiger partial charge is 0.338 e. The van der Waals surface area contributed by atoms with Crippen molar-refractivity contribution < 1.29 is 23.9 Å². The normalized spacial score (nSPS) is 15.5. The Hall–Kier alpha value is -2.70. The average Bonchev–Trinajstić information content (AvgIpc) is 2.85. The molecule has 1 saturated heterocycles. The Kier molecular flexibility index (Phi) is 4.78. The molecule has 1 aromatic rings. The van der Waals surface area contributed by atoms with Gasteiger partial charge in [0.25, 0.3) is 5.91 Å². The Morgan fingerprint density at radius 2 is 1.78 bits per heavy atom. The Morgan fingerprint density at radius 1 is 1.17 bits per heavy atom. The van der Waals surface area contributed by atoms with Gasteiger partial charge in [0.15, 0.2) is 6.10 Å². The van der Waals surface area contributed by atoms with Gasteiger partial charge in [0.05, 0.1) is 11.3 Å². The van der Waals surface area contributed by atoms with Crippen LogP contribution in [0.2, 0.25) is 0 Å². The van der Waals surface area contributed by atoms with E-state index in [-0.39, 0.29) is 36.1 Å². The number of likely N-dealkylation sites (N-methyl/N-ethyl adjacent to an activating group) is 1. The van der Waals surface area contributed by atoms with Crippen LogP contribution in [0.1, 0.15) is 30.1 Å². The molecule has 0 bridgehead atoms. The highest BCUT2D eigenvalue weighted by Gasteiger charge is 2.30. The number of imide groups is 1. The molecule has 1 aliphatic heterocycles. The molecule has 7 nitrogen and oxygen atoms in total. The van der Waals surface area contributed by atoms with Gasteiger partial charge in [-0.15, -0.1) is 0 Å². The third-order valence-corrected chi connectivity index (χ3v) is 3.46. The van der Waals surface area contributed by atoms with Crippen LogP contribution in [0.25, 0.3) is 0 Å². The minimum Gasteiger partial charge on any atom is -0.449 e. The van der Waals surface area contributed by atoms with E-state index in [1.54, 1.807) is 26.2 Å². The largest absolute Gasteiger partial charge is 0.449 e. The maximum Gasteiger partial charge on any atom is 0.338 e. The molecule has 0 unspecified atom stereocenters. The van der Waals surface area contributed by atoms with Crippen LogP contribution in [0.15, 0.2) is 24.3 Å². The molecule has 1 heterocycles. The molecule has 0 aliphatic carbocycles. The number of hydrogen-bond acceptors (Lipinski definition) is 5. The SMILES string of the molecule is C[C@@H](OC(=O)c1cccc(N2C(=O)CCC2=O)c1)C(=O)N(C)C. The molecule has 0 N–H and O–H groups in total. The quantitative estimate of drug-likeness (QED) is 0.610. The summed E-state index contributed by atoms with van der Waals surface area (Å²) in [7, 11) is 3.13. The standard InChI is InChI=1S/C16H18N2O5/c1-10(15(21)17(2)3)23-16(22)11-5-4-6-12(9-11)18-13(19)7-8-14(18)20/h4-6,9-10H,7-8H2,1-3H3/t10-/m1/s1. The lowest BCUT2D eigenvalue weighted by Crippen LogP contribution is -2.35. The molecule has 122 valence electrons. The minimum atomic E-state index is -0.920. The number of anilines is 1. The van der Waals surface area contributed by atoms with Gasteiger partial charge in [-0.25, -0.2) is 4.79 Å². The first kappa shape index (κ1) is 16.7. The van der Waals surface area contributed by atoms with Crippen LogP contribution in [0, 0.1) is 0 Å². The third kappa shape index (κ3) is 3.56. The Bertz CT molecular complexity index is 652. The van der Waals surface area contributed by atoms with Gasteiger partial charge < -0.3 is 9.64 Å². The molecule has 7 heteroatoms. The number of rotatable bonds is 4. The summed E-state index contributed by atoms with van der Waals surface area (Å²) < 4.78 is 5.11. The van der Waals surface area contributed by atoms with E-state index in [4.69, 9.17) is 4.74 Å². The fraction of sp³-hybridized carbons (Fsp3) is 0.375. The number of amides is 3. The molecule has 2 rings (SSSR count). The van der Waals surface area contributed by atoms with Gasteiger partial charge in [-0.2, -0.15) is 0 Å². The first-order chi connectivity index (χ1) is 10.8. The van der Waals surface area contributed by atoms with Crippen LogP contribution in [0.3, 0.4) is 0 Å². The molecule has 0 aromatic heterocycles. The van der Waals surface area contributed by atoms with Crippen molar-refractivity contribution in [3.63, 3.8) is 0 Å². The van der Waals surface area contributed by atoms with E-state index >= 15 is 0 Å². The van der Waals surface area contributed by atoms with Crippen LogP contribution >= 0.6 is 0 Å². The predicted octanol–water partition coefficient (Wildman–Crippen LogP) is 0.974. The molecule has 1 aromatic carbocycles. The van der Waals surface area contributed by atoms with Crippen molar-refractivity contribution in [1.29, 1.82) is 0 Å². The number of carbonyl (C=O) groups excluding carboxylic acids is 4. The highest BCUT2D eigenvalue weighted by atomic mass is 16.5. The monoisotopic (exact) mass is 318 g/mol. The average molecular weight is 318 g/mol. The summed E-state index contributed by atoms with van der Waals surface area (Å²) in [5, 5.41) is 0. The Morgan fingerprint density at radius 3 is 2.35 bits per heavy atom. The van der Waals surface area contributed by atoms with E-state index in [0.29, 0.717) is 5.69 Å². The summed E-state index contributed by atoms with van der Waals surface area (Å²) in [6.45, 7) is 1.48. The highest BCUT2D eigenvalue weighted by molar-refractivity contribution is 6.20. The fourth-order valence-corrected chi connectivity index (χ4v) is 2.28. The predicted molar refractivity (Wildman–Crippen MR) is 81.7 cm³/mol. The molecule has 1 aliphatic rings. The molecule has 1 fully saturated rings. The van der Waals surface area contributed by atoms with E-state index in [0.717, 1.165) is 4.90 Å². The van der Waals surface area contributed by atoms with Crippen LogP contribution in [0.4, 0.5) is 5.69 Å². The second-order valence-electron chi connectivity index (χ2n) is 5.45. The number of hydrogen-bond donors (Lipinski definition) is 0. The van der Waals surface area contributed by atoms with Gasteiger partial charge in [0, 0.05) is 26.9 Å². The van der Waals surface area contributed by atoms with Crippen molar-refractivity contribution >= 4 is 29.4 Å². The van der Waals surface area contributed by atoms with E-state index in [1.807, 2.05) is 0 Å². The van der Waals surface area contributed by atoms with Crippen molar-refractivity contribution in [2.24, 2.45) is 0 Å². The Labute approximate surface area is 133 Å². The molecule has 0 saturated carbocycles. The van der Waals surface area contributed by atoms with Gasteiger partial charge in [-0.1, -0.05) is 6.07 Å². The zero-order valence-corrected chi connectivity index (χ0v) is 13.2. The lowest BCUT2D eigenvalue weighted by atomic mass is 10.2. The highest BCUT2D eigenvalue weighted by Crippen LogP contribution is 2.23. The summed E-state index contributed by atoms with van der Waals surface area (Å²) in [5.41, 5.74) is 0.506. The summed E-state index contributed by atoms with van der Waals surface area (Å²) in [4.78, 5) is 49.7. The van der Waals surface area contributed by atoms with Crippen LogP contribution in [-0.4, -0.2) is 48.8 Å². The number of benzene rings is 1. The topological polar surface area (TPSA) is 84.0 Å². The van der Waals surface area contributed by atoms with Crippen molar-refractivity contribution in [3.05, 3.63) is 29.8 Å². The zero-order valence-electron chi connectivity index (χ0n) is 13.2. The number of ether oxygens (including phenoxy) is 1. The second kappa shape index (κ2) is 6.60. The van der Waals surface area contributed by atoms with Crippen LogP contribution in [-0.2, 0) is 19.1 Å². The van der Waals surface area contributed by atoms with Gasteiger partial charge in [0.2, 0.25) is 11.8 Å². The number of esters is 1. The minimum absolute atomic E-state index is 0.169. The summed E-state index contributed by atoms with van der Waals surface area (Å²) in [6, 6.07) is 6.05. The van der Waals surface area contributed by atoms with Crippen molar-refractivity contribution in [2.75, 3.05) is 19.0 Å². The lowest BCUT2D eigenvalue weighted by molar-refractivity contribution is -0.137. The van der Waals surface area contributed by atoms with Crippen LogP contribution in [0.5, 0.6) is 0 Å². The lowest BCUT2D eigenvalue weighted by Gasteiger charge is -2.18. The van der Waals surface area contributed by atoms with Crippen molar-refractivity contribution in [1.82, 2.24) is 4.90 Å². The van der Waals surface area contributed by atoms with Gasteiger partial charge in [-0.3, -0.25) is 19.3 Å². The first-order valence-electron chi connectivity index (χ1n) is 7.19. The Balaban J connectivity index is 2.16. The van der Waals surface area contributed by atoms with E-state index < -0.39 is 12.1 Å². The molecule has 23 heavy (non-hydrogen) atoms. The van der Waals surface area contributed by atoms with E-state index in [1.165, 1.54) is 24.0 Å². The van der Waals surface area contributed by atoms with Gasteiger partial charge in [-0.05, 0) is 25.1 Å². The molecule has 0 spiro atoms. The van der Waals surface area contributed by atoms with E-state index in [9.17, 15) is 19.2 Å². The number of nitrogens with zero attached hydrogens (tertiary/aromatic N) is 2. The molecule has 3 amide bonds. The molecular weight excluding hydrogens is 300 g/mol. The molecular formula is C16H18N2O5. The van der Waals surface area contributed by atoms with Gasteiger partial charge >= 0.3 is 5.97 Å². The fourth-order valence-electron chi connectivity index (χ4n) is 2.28.